The van der Waals surface area contributed by atoms with Crippen molar-refractivity contribution >= 4 is 72.6 Å². The number of benzene rings is 5. The number of carbonyl (C=O) groups is 6. The van der Waals surface area contributed by atoms with Crippen LogP contribution in [0.15, 0.2) is 115 Å². The fourth-order valence-corrected chi connectivity index (χ4v) is 6.09. The Labute approximate surface area is 338 Å². The second-order valence-corrected chi connectivity index (χ2v) is 13.4. The summed E-state index contributed by atoms with van der Waals surface area (Å²) in [5, 5.41) is 33.5. The van der Waals surface area contributed by atoms with Crippen LogP contribution >= 0.6 is 0 Å². The van der Waals surface area contributed by atoms with Crippen LogP contribution < -0.4 is 21.3 Å². The lowest BCUT2D eigenvalue weighted by atomic mass is 9.98. The third kappa shape index (κ3) is 14.2. The highest BCUT2D eigenvalue weighted by molar-refractivity contribution is 6.57. The zero-order valence-electron chi connectivity index (χ0n) is 31.9. The maximum absolute atomic E-state index is 13.1. The molecule has 5 aromatic carbocycles. The van der Waals surface area contributed by atoms with Gasteiger partial charge in [0.1, 0.15) is 25.2 Å². The molecule has 5 rings (SSSR count). The first kappa shape index (κ1) is 44.2. The van der Waals surface area contributed by atoms with E-state index in [1.165, 1.54) is 0 Å². The van der Waals surface area contributed by atoms with Crippen molar-refractivity contribution in [1.29, 1.82) is 0 Å². The zero-order valence-corrected chi connectivity index (χ0v) is 31.9. The van der Waals surface area contributed by atoms with Crippen LogP contribution in [0.3, 0.4) is 0 Å². The van der Waals surface area contributed by atoms with Crippen molar-refractivity contribution < 1.29 is 43.7 Å². The molecular weight excluding hydrogens is 738 g/mol. The number of aliphatic hydroxyl groups excluding tert-OH is 1. The lowest BCUT2D eigenvalue weighted by Gasteiger charge is -2.26. The van der Waals surface area contributed by atoms with Gasteiger partial charge in [-0.1, -0.05) is 129 Å². The third-order valence-corrected chi connectivity index (χ3v) is 8.98. The van der Waals surface area contributed by atoms with Crippen molar-refractivity contribution in [3.63, 3.8) is 0 Å². The monoisotopic (exact) mass is 782 g/mol. The lowest BCUT2D eigenvalue weighted by molar-refractivity contribution is -0.146. The van der Waals surface area contributed by atoms with E-state index in [0.29, 0.717) is 6.42 Å². The second kappa shape index (κ2) is 22.3. The molecule has 0 saturated carbocycles. The van der Waals surface area contributed by atoms with Gasteiger partial charge in [-0.3, -0.25) is 24.0 Å². The highest BCUT2D eigenvalue weighted by Crippen LogP contribution is 2.18. The van der Waals surface area contributed by atoms with Gasteiger partial charge in [-0.05, 0) is 44.7 Å². The van der Waals surface area contributed by atoms with Gasteiger partial charge in [-0.2, -0.15) is 0 Å². The van der Waals surface area contributed by atoms with Gasteiger partial charge in [0.25, 0.3) is 5.91 Å². The van der Waals surface area contributed by atoms with Crippen molar-refractivity contribution in [2.45, 2.75) is 63.4 Å². The van der Waals surface area contributed by atoms with E-state index >= 15 is 0 Å². The average Bonchev–Trinajstić information content (AvgIpc) is 3.21. The van der Waals surface area contributed by atoms with E-state index in [9.17, 15) is 33.9 Å². The van der Waals surface area contributed by atoms with Crippen LogP contribution in [0.2, 0.25) is 0 Å². The van der Waals surface area contributed by atoms with Gasteiger partial charge in [-0.25, -0.2) is 4.79 Å². The largest absolute Gasteiger partial charge is 0.480 e. The highest BCUT2D eigenvalue weighted by atomic mass is 16.5. The minimum Gasteiger partial charge on any atom is -0.480 e. The highest BCUT2D eigenvalue weighted by Gasteiger charge is 2.30. The van der Waals surface area contributed by atoms with Crippen LogP contribution in [0.25, 0.3) is 21.5 Å². The number of rotatable bonds is 17. The van der Waals surface area contributed by atoms with E-state index in [0.717, 1.165) is 38.2 Å². The third-order valence-electron chi connectivity index (χ3n) is 8.98. The summed E-state index contributed by atoms with van der Waals surface area (Å²) in [5.41, 5.74) is 2.42. The molecule has 0 heterocycles. The van der Waals surface area contributed by atoms with Crippen molar-refractivity contribution in [3.8, 4) is 0 Å². The summed E-state index contributed by atoms with van der Waals surface area (Å²) in [6, 6.07) is 33.0. The maximum atomic E-state index is 13.1. The van der Waals surface area contributed by atoms with E-state index < -0.39 is 66.1 Å². The number of aliphatic carboxylic acids is 1. The SMILES string of the molecule is [B]C(=O)N[C@@H](Cc1ccc2ccccc2c1)C(=O)NC(CCC)C(O)C(=O)NCC(=O)OCc1ccccc1.[B]C(=O)N[C@@H](Cc1ccc2ccccc2c1)C(=O)O. The molecule has 0 bridgehead atoms. The molecule has 4 radical (unpaired) electrons. The zero-order chi connectivity index (χ0) is 42.0. The minimum atomic E-state index is -1.63. The Morgan fingerprint density at radius 1 is 0.621 bits per heavy atom. The molecule has 15 heteroatoms. The molecule has 296 valence electrons. The van der Waals surface area contributed by atoms with E-state index in [1.807, 2.05) is 110 Å². The number of amides is 4. The summed E-state index contributed by atoms with van der Waals surface area (Å²) in [6.07, 6.45) is -0.465. The molecule has 58 heavy (non-hydrogen) atoms. The molecule has 0 aromatic heterocycles. The Hall–Kier alpha value is -6.47. The molecule has 4 atom stereocenters. The van der Waals surface area contributed by atoms with E-state index in [4.69, 9.17) is 25.5 Å². The van der Waals surface area contributed by atoms with Crippen molar-refractivity contribution in [2.75, 3.05) is 6.54 Å². The molecule has 4 amide bonds. The molecular formula is C43H44B2N4O9. The van der Waals surface area contributed by atoms with Crippen LogP contribution in [0.1, 0.15) is 36.5 Å². The standard InChI is InChI=1S/C29H32BN3O6.C14H12BNO3/c1-2-8-23(26(35)28(37)31-17-25(34)39-18-19-9-4-3-5-10-19)32-27(36)24(33-29(30)38)16-20-13-14-21-11-6-7-12-22(21)15-20;15-14(19)16-12(13(17)18)8-9-5-6-10-3-1-2-4-11(10)7-9/h3-7,9-15,23-24,26,35H,2,8,16-18H2,1H3,(H,31,37)(H,32,36)(H,33,38);1-7,12H,8H2,(H,16,19)(H,17,18)/t23?,24-,26?;12-/m00/s1. The molecule has 6 N–H and O–H groups in total. The van der Waals surface area contributed by atoms with Gasteiger partial charge in [0.05, 0.1) is 6.04 Å². The topological polar surface area (TPSA) is 200 Å². The van der Waals surface area contributed by atoms with Crippen LogP contribution in [-0.2, 0) is 43.4 Å². The summed E-state index contributed by atoms with van der Waals surface area (Å²) in [6.45, 7) is 1.44. The van der Waals surface area contributed by atoms with Crippen LogP contribution in [0.5, 0.6) is 0 Å². The Morgan fingerprint density at radius 3 is 1.64 bits per heavy atom. The van der Waals surface area contributed by atoms with Gasteiger partial charge in [0, 0.05) is 12.8 Å². The van der Waals surface area contributed by atoms with Crippen LogP contribution in [0.4, 0.5) is 9.59 Å². The van der Waals surface area contributed by atoms with Gasteiger partial charge < -0.3 is 36.2 Å². The molecule has 0 aliphatic carbocycles. The molecule has 0 aliphatic heterocycles. The lowest BCUT2D eigenvalue weighted by Crippen LogP contribution is -2.56. The molecule has 5 aromatic rings. The van der Waals surface area contributed by atoms with Crippen LogP contribution in [-0.4, -0.2) is 92.0 Å². The molecule has 0 fully saturated rings. The van der Waals surface area contributed by atoms with Crippen molar-refractivity contribution in [1.82, 2.24) is 21.3 Å². The number of aliphatic hydroxyl groups is 1. The van der Waals surface area contributed by atoms with Crippen LogP contribution in [0, 0.1) is 0 Å². The fraction of sp³-hybridized carbons (Fsp3) is 0.256. The first-order chi connectivity index (χ1) is 27.8. The number of carboxylic acids is 1. The summed E-state index contributed by atoms with van der Waals surface area (Å²) < 4.78 is 5.13. The summed E-state index contributed by atoms with van der Waals surface area (Å²) in [7, 11) is 10.3. The Morgan fingerprint density at radius 2 is 1.12 bits per heavy atom. The normalized spacial score (nSPS) is 12.7. The van der Waals surface area contributed by atoms with E-state index in [2.05, 4.69) is 21.3 Å². The van der Waals surface area contributed by atoms with Gasteiger partial charge in [0.15, 0.2) is 17.7 Å². The van der Waals surface area contributed by atoms with Gasteiger partial charge in [0.2, 0.25) is 21.6 Å². The summed E-state index contributed by atoms with van der Waals surface area (Å²) >= 11 is 0. The first-order valence-electron chi connectivity index (χ1n) is 18.6. The molecule has 13 nitrogen and oxygen atoms in total. The maximum Gasteiger partial charge on any atom is 0.326 e. The number of hydrogen-bond donors (Lipinski definition) is 6. The quantitative estimate of drug-likeness (QED) is 0.0599. The van der Waals surface area contributed by atoms with Gasteiger partial charge >= 0.3 is 11.9 Å². The number of ether oxygens (including phenoxy) is 1. The first-order valence-corrected chi connectivity index (χ1v) is 18.6. The Bertz CT molecular complexity index is 2210. The molecule has 0 aliphatic rings. The molecule has 0 saturated heterocycles. The van der Waals surface area contributed by atoms with Crippen molar-refractivity contribution in [2.24, 2.45) is 0 Å². The van der Waals surface area contributed by atoms with E-state index in [-0.39, 0.29) is 25.9 Å². The summed E-state index contributed by atoms with van der Waals surface area (Å²) in [4.78, 5) is 71.2. The molecule has 2 unspecified atom stereocenters. The minimum absolute atomic E-state index is 0.0536. The Balaban J connectivity index is 0.000000326. The number of carbonyl (C=O) groups excluding carboxylic acids is 5. The van der Waals surface area contributed by atoms with Crippen molar-refractivity contribution in [3.05, 3.63) is 132 Å². The van der Waals surface area contributed by atoms with Gasteiger partial charge in [-0.15, -0.1) is 0 Å². The smallest absolute Gasteiger partial charge is 0.326 e. The summed E-state index contributed by atoms with van der Waals surface area (Å²) in [5.74, 6) is -4.93. The molecule has 0 spiro atoms. The predicted molar refractivity (Wildman–Crippen MR) is 221 cm³/mol. The number of carboxylic acid groups (broad SMARTS) is 1. The fourth-order valence-electron chi connectivity index (χ4n) is 6.09. The number of hydrogen-bond acceptors (Lipinski definition) is 8. The average molecular weight is 782 g/mol. The predicted octanol–water partition coefficient (Wildman–Crippen LogP) is 3.85. The number of nitrogens with one attached hydrogen (secondary N) is 4. The number of fused-ring (bicyclic) bond motifs is 2. The van der Waals surface area contributed by atoms with E-state index in [1.54, 1.807) is 12.1 Å². The Kier molecular flexibility index (Phi) is 17.0. The second-order valence-electron chi connectivity index (χ2n) is 13.4. The number of esters is 1.